The van der Waals surface area contributed by atoms with E-state index in [2.05, 4.69) is 6.07 Å². The van der Waals surface area contributed by atoms with Gasteiger partial charge in [-0.05, 0) is 12.8 Å². The maximum atomic E-state index is 8.20. The van der Waals surface area contributed by atoms with Gasteiger partial charge in [-0.1, -0.05) is 0 Å². The van der Waals surface area contributed by atoms with Crippen molar-refractivity contribution in [2.24, 2.45) is 0 Å². The highest BCUT2D eigenvalue weighted by molar-refractivity contribution is 4.78. The van der Waals surface area contributed by atoms with Crippen LogP contribution in [0.2, 0.25) is 0 Å². The van der Waals surface area contributed by atoms with Gasteiger partial charge < -0.3 is 4.74 Å². The molecule has 44 valence electrons. The molecule has 0 aliphatic carbocycles. The fourth-order valence-electron chi connectivity index (χ4n) is 0.907. The molecule has 1 atom stereocenters. The lowest BCUT2D eigenvalue weighted by Gasteiger charge is -1.99. The number of nitrogens with zero attached hydrogens (tertiary/aromatic N) is 1. The van der Waals surface area contributed by atoms with Gasteiger partial charge in [-0.15, -0.1) is 0 Å². The molecule has 0 aromatic heterocycles. The zero-order chi connectivity index (χ0) is 5.82. The fraction of sp³-hybridized carbons (Fsp3) is 0.833. The molecule has 0 aromatic rings. The Kier molecular flexibility index (Phi) is 1.87. The van der Waals surface area contributed by atoms with Crippen molar-refractivity contribution in [3.8, 4) is 6.07 Å². The predicted molar refractivity (Wildman–Crippen MR) is 29.2 cm³/mol. The molecular formula is C6H9NO. The molecule has 1 aliphatic rings. The zero-order valence-corrected chi connectivity index (χ0v) is 4.76. The molecule has 0 N–H and O–H groups in total. The topological polar surface area (TPSA) is 33.0 Å². The summed E-state index contributed by atoms with van der Waals surface area (Å²) in [6.45, 7) is 0.854. The molecule has 1 fully saturated rings. The van der Waals surface area contributed by atoms with Gasteiger partial charge in [0.15, 0.2) is 0 Å². The van der Waals surface area contributed by atoms with Crippen LogP contribution in [0.3, 0.4) is 0 Å². The maximum Gasteiger partial charge on any atom is 0.0705 e. The van der Waals surface area contributed by atoms with Gasteiger partial charge in [0.2, 0.25) is 0 Å². The molecule has 1 aliphatic heterocycles. The van der Waals surface area contributed by atoms with Gasteiger partial charge >= 0.3 is 0 Å². The Bertz CT molecular complexity index is 99.6. The first-order valence-corrected chi connectivity index (χ1v) is 2.92. The van der Waals surface area contributed by atoms with Gasteiger partial charge in [0.25, 0.3) is 0 Å². The Morgan fingerprint density at radius 3 is 3.12 bits per heavy atom. The van der Waals surface area contributed by atoms with E-state index < -0.39 is 0 Å². The van der Waals surface area contributed by atoms with Crippen LogP contribution in [0, 0.1) is 11.3 Å². The van der Waals surface area contributed by atoms with Crippen molar-refractivity contribution in [2.75, 3.05) is 6.61 Å². The summed E-state index contributed by atoms with van der Waals surface area (Å²) in [4.78, 5) is 0. The number of rotatable bonds is 1. The van der Waals surface area contributed by atoms with E-state index in [0.29, 0.717) is 6.42 Å². The summed E-state index contributed by atoms with van der Waals surface area (Å²) >= 11 is 0. The van der Waals surface area contributed by atoms with E-state index in [1.165, 1.54) is 0 Å². The summed E-state index contributed by atoms with van der Waals surface area (Å²) in [5.41, 5.74) is 0. The zero-order valence-electron chi connectivity index (χ0n) is 4.76. The van der Waals surface area contributed by atoms with Crippen LogP contribution in [-0.2, 0) is 4.74 Å². The lowest BCUT2D eigenvalue weighted by Crippen LogP contribution is -2.01. The Labute approximate surface area is 49.1 Å². The van der Waals surface area contributed by atoms with E-state index in [1.54, 1.807) is 0 Å². The van der Waals surface area contributed by atoms with Crippen molar-refractivity contribution >= 4 is 0 Å². The third-order valence-electron chi connectivity index (χ3n) is 1.34. The summed E-state index contributed by atoms with van der Waals surface area (Å²) in [5, 5.41) is 8.20. The number of hydrogen-bond donors (Lipinski definition) is 0. The second kappa shape index (κ2) is 2.68. The average molecular weight is 111 g/mol. The molecule has 0 radical (unpaired) electrons. The van der Waals surface area contributed by atoms with E-state index in [4.69, 9.17) is 10.00 Å². The Morgan fingerprint density at radius 1 is 1.75 bits per heavy atom. The van der Waals surface area contributed by atoms with Crippen molar-refractivity contribution in [3.05, 3.63) is 0 Å². The van der Waals surface area contributed by atoms with Crippen molar-refractivity contribution in [3.63, 3.8) is 0 Å². The number of hydrogen-bond acceptors (Lipinski definition) is 2. The van der Waals surface area contributed by atoms with E-state index in [1.807, 2.05) is 0 Å². The summed E-state index contributed by atoms with van der Waals surface area (Å²) in [5.74, 6) is 0. The second-order valence-electron chi connectivity index (χ2n) is 2.00. The van der Waals surface area contributed by atoms with Crippen LogP contribution >= 0.6 is 0 Å². The minimum Gasteiger partial charge on any atom is -0.377 e. The number of nitriles is 1. The van der Waals surface area contributed by atoms with E-state index >= 15 is 0 Å². The molecule has 2 heteroatoms. The highest BCUT2D eigenvalue weighted by Crippen LogP contribution is 2.13. The second-order valence-corrected chi connectivity index (χ2v) is 2.00. The maximum absolute atomic E-state index is 8.20. The SMILES string of the molecule is N#CC[C@@H]1CCCO1. The molecule has 0 aromatic carbocycles. The molecule has 0 saturated carbocycles. The molecule has 1 heterocycles. The molecule has 8 heavy (non-hydrogen) atoms. The van der Waals surface area contributed by atoms with Crippen LogP contribution in [-0.4, -0.2) is 12.7 Å². The van der Waals surface area contributed by atoms with Gasteiger partial charge in [-0.3, -0.25) is 0 Å². The van der Waals surface area contributed by atoms with Gasteiger partial charge in [0, 0.05) is 6.61 Å². The lowest BCUT2D eigenvalue weighted by molar-refractivity contribution is 0.115. The van der Waals surface area contributed by atoms with Gasteiger partial charge in [0.05, 0.1) is 18.6 Å². The average Bonchev–Trinajstić information content (AvgIpc) is 2.19. The monoisotopic (exact) mass is 111 g/mol. The van der Waals surface area contributed by atoms with E-state index in [0.717, 1.165) is 19.4 Å². The molecule has 2 nitrogen and oxygen atoms in total. The summed E-state index contributed by atoms with van der Waals surface area (Å²) in [7, 11) is 0. The first kappa shape index (κ1) is 5.58. The first-order valence-electron chi connectivity index (χ1n) is 2.92. The van der Waals surface area contributed by atoms with Crippen LogP contribution in [0.4, 0.5) is 0 Å². The van der Waals surface area contributed by atoms with Crippen LogP contribution in [0.1, 0.15) is 19.3 Å². The fourth-order valence-corrected chi connectivity index (χ4v) is 0.907. The van der Waals surface area contributed by atoms with Crippen molar-refractivity contribution in [2.45, 2.75) is 25.4 Å². The van der Waals surface area contributed by atoms with Crippen molar-refractivity contribution in [1.29, 1.82) is 5.26 Å². The van der Waals surface area contributed by atoms with E-state index in [-0.39, 0.29) is 6.10 Å². The first-order chi connectivity index (χ1) is 3.93. The molecule has 0 spiro atoms. The number of ether oxygens (including phenoxy) is 1. The van der Waals surface area contributed by atoms with Gasteiger partial charge in [-0.25, -0.2) is 0 Å². The largest absolute Gasteiger partial charge is 0.377 e. The van der Waals surface area contributed by atoms with Crippen LogP contribution in [0.25, 0.3) is 0 Å². The highest BCUT2D eigenvalue weighted by Gasteiger charge is 2.13. The molecule has 0 bridgehead atoms. The molecule has 0 unspecified atom stereocenters. The molecular weight excluding hydrogens is 102 g/mol. The third kappa shape index (κ3) is 1.21. The quantitative estimate of drug-likeness (QED) is 0.507. The van der Waals surface area contributed by atoms with Crippen LogP contribution in [0.15, 0.2) is 0 Å². The normalized spacial score (nSPS) is 27.6. The Morgan fingerprint density at radius 2 is 2.62 bits per heavy atom. The summed E-state index contributed by atoms with van der Waals surface area (Å²) in [6, 6.07) is 2.08. The molecule has 1 saturated heterocycles. The lowest BCUT2D eigenvalue weighted by atomic mass is 10.2. The minimum absolute atomic E-state index is 0.250. The standard InChI is InChI=1S/C6H9NO/c7-4-3-6-2-1-5-8-6/h6H,1-3,5H2/t6-/m0/s1. The predicted octanol–water partition coefficient (Wildman–Crippen LogP) is 1.08. The molecule has 1 rings (SSSR count). The summed E-state index contributed by atoms with van der Waals surface area (Å²) in [6.07, 6.45) is 3.03. The Balaban J connectivity index is 2.17. The molecule has 0 amide bonds. The summed E-state index contributed by atoms with van der Waals surface area (Å²) < 4.78 is 5.17. The third-order valence-corrected chi connectivity index (χ3v) is 1.34. The van der Waals surface area contributed by atoms with E-state index in [9.17, 15) is 0 Å². The smallest absolute Gasteiger partial charge is 0.0705 e. The Hall–Kier alpha value is -0.550. The minimum atomic E-state index is 0.250. The highest BCUT2D eigenvalue weighted by atomic mass is 16.5. The van der Waals surface area contributed by atoms with Gasteiger partial charge in [-0.2, -0.15) is 5.26 Å². The van der Waals surface area contributed by atoms with Crippen LogP contribution in [0.5, 0.6) is 0 Å². The van der Waals surface area contributed by atoms with Crippen molar-refractivity contribution < 1.29 is 4.74 Å². The van der Waals surface area contributed by atoms with Gasteiger partial charge in [0.1, 0.15) is 0 Å². The van der Waals surface area contributed by atoms with Crippen LogP contribution < -0.4 is 0 Å². The van der Waals surface area contributed by atoms with Crippen molar-refractivity contribution in [1.82, 2.24) is 0 Å².